The lowest BCUT2D eigenvalue weighted by Gasteiger charge is -2.17. The number of thioether (sulfide) groups is 1. The number of carbonyl (C=O) groups is 3. The summed E-state index contributed by atoms with van der Waals surface area (Å²) >= 11 is 7.34. The van der Waals surface area contributed by atoms with Gasteiger partial charge in [-0.1, -0.05) is 29.8 Å². The summed E-state index contributed by atoms with van der Waals surface area (Å²) in [4.78, 5) is 36.7. The molecule has 28 heavy (non-hydrogen) atoms. The van der Waals surface area contributed by atoms with Crippen LogP contribution < -0.4 is 10.6 Å². The first kappa shape index (κ1) is 21.8. The Hall–Kier alpha value is -2.51. The number of amides is 2. The number of esters is 1. The smallest absolute Gasteiger partial charge is 0.329 e. The van der Waals surface area contributed by atoms with Crippen molar-refractivity contribution in [2.45, 2.75) is 12.5 Å². The summed E-state index contributed by atoms with van der Waals surface area (Å²) in [6, 6.07) is 14.3. The van der Waals surface area contributed by atoms with Crippen molar-refractivity contribution in [3.8, 4) is 0 Å². The van der Waals surface area contributed by atoms with Crippen LogP contribution in [0.4, 0.5) is 5.69 Å². The molecule has 0 saturated heterocycles. The Morgan fingerprint density at radius 3 is 2.39 bits per heavy atom. The lowest BCUT2D eigenvalue weighted by atomic mass is 10.1. The molecule has 2 N–H and O–H groups in total. The van der Waals surface area contributed by atoms with Gasteiger partial charge in [0.2, 0.25) is 0 Å². The second-order valence-corrected chi connectivity index (χ2v) is 7.26. The van der Waals surface area contributed by atoms with E-state index in [0.29, 0.717) is 28.4 Å². The minimum Gasteiger partial charge on any atom is -0.454 e. The first-order chi connectivity index (χ1) is 13.5. The second-order valence-electron chi connectivity index (χ2n) is 5.84. The molecule has 2 rings (SSSR count). The number of anilines is 1. The normalized spacial score (nSPS) is 11.4. The van der Waals surface area contributed by atoms with Crippen LogP contribution >= 0.6 is 23.4 Å². The number of halogens is 1. The summed E-state index contributed by atoms with van der Waals surface area (Å²) < 4.78 is 5.09. The summed E-state index contributed by atoms with van der Waals surface area (Å²) in [5.74, 6) is -0.834. The molecule has 0 spiro atoms. The SMILES string of the molecule is CSCCC(NC(=O)c1ccccc1)C(=O)OCC(=O)Nc1ccc(Cl)cc1. The molecule has 0 aliphatic heterocycles. The highest BCUT2D eigenvalue weighted by Crippen LogP contribution is 2.13. The van der Waals surface area contributed by atoms with Crippen molar-refractivity contribution in [1.29, 1.82) is 0 Å². The summed E-state index contributed by atoms with van der Waals surface area (Å²) in [5.41, 5.74) is 0.992. The molecular weight excluding hydrogens is 400 g/mol. The fraction of sp³-hybridized carbons (Fsp3) is 0.250. The minimum absolute atomic E-state index is 0.366. The second kappa shape index (κ2) is 11.4. The average molecular weight is 421 g/mol. The van der Waals surface area contributed by atoms with E-state index in [1.54, 1.807) is 66.4 Å². The molecule has 2 aromatic carbocycles. The zero-order chi connectivity index (χ0) is 20.4. The van der Waals surface area contributed by atoms with Gasteiger partial charge in [0.25, 0.3) is 11.8 Å². The lowest BCUT2D eigenvalue weighted by Crippen LogP contribution is -2.43. The molecule has 8 heteroatoms. The molecule has 0 fully saturated rings. The van der Waals surface area contributed by atoms with E-state index < -0.39 is 24.5 Å². The van der Waals surface area contributed by atoms with Gasteiger partial charge in [-0.05, 0) is 54.8 Å². The fourth-order valence-electron chi connectivity index (χ4n) is 2.28. The number of rotatable bonds is 9. The molecular formula is C20H21ClN2O4S. The van der Waals surface area contributed by atoms with E-state index in [0.717, 1.165) is 0 Å². The summed E-state index contributed by atoms with van der Waals surface area (Å²) in [6.07, 6.45) is 2.30. The maximum Gasteiger partial charge on any atom is 0.329 e. The van der Waals surface area contributed by atoms with E-state index in [2.05, 4.69) is 10.6 Å². The van der Waals surface area contributed by atoms with E-state index in [1.165, 1.54) is 0 Å². The van der Waals surface area contributed by atoms with Crippen LogP contribution in [0.15, 0.2) is 54.6 Å². The third-order valence-corrected chi connectivity index (χ3v) is 4.61. The van der Waals surface area contributed by atoms with Gasteiger partial charge in [-0.25, -0.2) is 4.79 Å². The first-order valence-corrected chi connectivity index (χ1v) is 10.3. The lowest BCUT2D eigenvalue weighted by molar-refractivity contribution is -0.149. The molecule has 0 aliphatic rings. The van der Waals surface area contributed by atoms with Gasteiger partial charge in [0.1, 0.15) is 6.04 Å². The minimum atomic E-state index is -0.830. The number of carbonyl (C=O) groups excluding carboxylic acids is 3. The molecule has 2 amide bonds. The predicted molar refractivity (Wildman–Crippen MR) is 112 cm³/mol. The number of nitrogens with one attached hydrogen (secondary N) is 2. The van der Waals surface area contributed by atoms with Gasteiger partial charge in [0, 0.05) is 16.3 Å². The summed E-state index contributed by atoms with van der Waals surface area (Å²) in [5, 5.41) is 5.83. The van der Waals surface area contributed by atoms with Crippen molar-refractivity contribution in [2.75, 3.05) is 23.9 Å². The van der Waals surface area contributed by atoms with E-state index in [9.17, 15) is 14.4 Å². The summed E-state index contributed by atoms with van der Waals surface area (Å²) in [7, 11) is 0. The van der Waals surface area contributed by atoms with E-state index in [4.69, 9.17) is 16.3 Å². The van der Waals surface area contributed by atoms with Gasteiger partial charge in [-0.15, -0.1) is 0 Å². The highest BCUT2D eigenvalue weighted by Gasteiger charge is 2.23. The van der Waals surface area contributed by atoms with Crippen LogP contribution in [0, 0.1) is 0 Å². The van der Waals surface area contributed by atoms with Gasteiger partial charge < -0.3 is 15.4 Å². The van der Waals surface area contributed by atoms with Crippen LogP contribution in [0.3, 0.4) is 0 Å². The molecule has 1 atom stereocenters. The average Bonchev–Trinajstić information content (AvgIpc) is 2.71. The molecule has 0 heterocycles. The van der Waals surface area contributed by atoms with E-state index in [-0.39, 0.29) is 5.91 Å². The topological polar surface area (TPSA) is 84.5 Å². The first-order valence-electron chi connectivity index (χ1n) is 8.56. The van der Waals surface area contributed by atoms with E-state index in [1.807, 2.05) is 6.26 Å². The maximum absolute atomic E-state index is 12.4. The van der Waals surface area contributed by atoms with Crippen LogP contribution in [-0.4, -0.2) is 42.4 Å². The predicted octanol–water partition coefficient (Wildman–Crippen LogP) is 3.37. The fourth-order valence-corrected chi connectivity index (χ4v) is 2.88. The Morgan fingerprint density at radius 1 is 1.07 bits per heavy atom. The van der Waals surface area contributed by atoms with Crippen LogP contribution in [0.25, 0.3) is 0 Å². The monoisotopic (exact) mass is 420 g/mol. The van der Waals surface area contributed by atoms with Crippen LogP contribution in [0.2, 0.25) is 5.02 Å². The largest absolute Gasteiger partial charge is 0.454 e. The van der Waals surface area contributed by atoms with Gasteiger partial charge in [-0.2, -0.15) is 11.8 Å². The van der Waals surface area contributed by atoms with Crippen LogP contribution in [0.5, 0.6) is 0 Å². The standard InChI is InChI=1S/C20H21ClN2O4S/c1-28-12-11-17(23-19(25)14-5-3-2-4-6-14)20(26)27-13-18(24)22-16-9-7-15(21)8-10-16/h2-10,17H,11-13H2,1H3,(H,22,24)(H,23,25). The van der Waals surface area contributed by atoms with Crippen molar-refractivity contribution in [3.63, 3.8) is 0 Å². The Morgan fingerprint density at radius 2 is 1.75 bits per heavy atom. The van der Waals surface area contributed by atoms with Crippen molar-refractivity contribution in [3.05, 3.63) is 65.2 Å². The zero-order valence-electron chi connectivity index (χ0n) is 15.3. The Labute approximate surface area is 173 Å². The zero-order valence-corrected chi connectivity index (χ0v) is 16.9. The van der Waals surface area contributed by atoms with Gasteiger partial charge in [0.15, 0.2) is 6.61 Å². The van der Waals surface area contributed by atoms with Crippen LogP contribution in [0.1, 0.15) is 16.8 Å². The third-order valence-electron chi connectivity index (χ3n) is 3.71. The van der Waals surface area contributed by atoms with Crippen molar-refractivity contribution >= 4 is 46.8 Å². The molecule has 0 aliphatic carbocycles. The molecule has 0 bridgehead atoms. The highest BCUT2D eigenvalue weighted by molar-refractivity contribution is 7.98. The Kier molecular flexibility index (Phi) is 8.84. The van der Waals surface area contributed by atoms with Crippen molar-refractivity contribution in [1.82, 2.24) is 5.32 Å². The molecule has 1 unspecified atom stereocenters. The molecule has 6 nitrogen and oxygen atoms in total. The quantitative estimate of drug-likeness (QED) is 0.607. The van der Waals surface area contributed by atoms with E-state index >= 15 is 0 Å². The number of hydrogen-bond donors (Lipinski definition) is 2. The van der Waals surface area contributed by atoms with Crippen LogP contribution in [-0.2, 0) is 14.3 Å². The van der Waals surface area contributed by atoms with Crippen molar-refractivity contribution in [2.24, 2.45) is 0 Å². The highest BCUT2D eigenvalue weighted by atomic mass is 35.5. The Bertz CT molecular complexity index is 800. The van der Waals surface area contributed by atoms with Gasteiger partial charge in [0.05, 0.1) is 0 Å². The molecule has 2 aromatic rings. The molecule has 0 saturated carbocycles. The van der Waals surface area contributed by atoms with Gasteiger partial charge in [-0.3, -0.25) is 9.59 Å². The van der Waals surface area contributed by atoms with Gasteiger partial charge >= 0.3 is 5.97 Å². The summed E-state index contributed by atoms with van der Waals surface area (Å²) in [6.45, 7) is -0.446. The van der Waals surface area contributed by atoms with Crippen molar-refractivity contribution < 1.29 is 19.1 Å². The Balaban J connectivity index is 1.89. The number of ether oxygens (including phenoxy) is 1. The molecule has 148 valence electrons. The third kappa shape index (κ3) is 7.25. The molecule has 0 radical (unpaired) electrons. The molecule has 0 aromatic heterocycles. The number of benzene rings is 2. The maximum atomic E-state index is 12.4. The number of hydrogen-bond acceptors (Lipinski definition) is 5.